The smallest absolute Gasteiger partial charge is 0.123 e. The molecular weight excluding hydrogens is 139 g/mol. The summed E-state index contributed by atoms with van der Waals surface area (Å²) >= 11 is 0. The van der Waals surface area contributed by atoms with E-state index in [1.807, 2.05) is 18.2 Å². The summed E-state index contributed by atoms with van der Waals surface area (Å²) in [4.78, 5) is 0. The molecule has 0 nitrogen and oxygen atoms in total. The van der Waals surface area contributed by atoms with Gasteiger partial charge in [0.25, 0.3) is 0 Å². The molecule has 0 aromatic heterocycles. The van der Waals surface area contributed by atoms with Crippen molar-refractivity contribution in [2.24, 2.45) is 0 Å². The second-order valence-electron chi connectivity index (χ2n) is 2.40. The zero-order valence-electron chi connectivity index (χ0n) is 5.84. The zero-order chi connectivity index (χ0) is 7.68. The first-order valence-electron chi connectivity index (χ1n) is 3.42. The van der Waals surface area contributed by atoms with Crippen LogP contribution in [0.3, 0.4) is 0 Å². The number of benzene rings is 2. The van der Waals surface area contributed by atoms with Gasteiger partial charge in [0, 0.05) is 0 Å². The summed E-state index contributed by atoms with van der Waals surface area (Å²) in [7, 11) is 0. The van der Waals surface area contributed by atoms with Crippen LogP contribution in [0.5, 0.6) is 0 Å². The average Bonchev–Trinajstić information content (AvgIpc) is 2.04. The minimum atomic E-state index is -0.197. The van der Waals surface area contributed by atoms with Crippen LogP contribution in [-0.2, 0) is 0 Å². The molecule has 1 heteroatoms. The molecule has 0 saturated heterocycles. The van der Waals surface area contributed by atoms with Gasteiger partial charge >= 0.3 is 0 Å². The maximum absolute atomic E-state index is 12.6. The van der Waals surface area contributed by atoms with Gasteiger partial charge in [-0.05, 0) is 29.0 Å². The highest BCUT2D eigenvalue weighted by Gasteiger charge is 1.92. The molecule has 2 aromatic rings. The zero-order valence-corrected chi connectivity index (χ0v) is 5.84. The van der Waals surface area contributed by atoms with Crippen molar-refractivity contribution in [3.8, 4) is 0 Å². The highest BCUT2D eigenvalue weighted by Crippen LogP contribution is 2.13. The minimum absolute atomic E-state index is 0.197. The van der Waals surface area contributed by atoms with E-state index in [1.54, 1.807) is 6.07 Å². The predicted molar refractivity (Wildman–Crippen MR) is 42.7 cm³/mol. The largest absolute Gasteiger partial charge is 0.207 e. The molecule has 0 aliphatic carbocycles. The summed E-state index contributed by atoms with van der Waals surface area (Å²) in [5.74, 6) is -0.197. The van der Waals surface area contributed by atoms with Crippen molar-refractivity contribution in [3.05, 3.63) is 48.3 Å². The van der Waals surface area contributed by atoms with Crippen molar-refractivity contribution in [1.82, 2.24) is 0 Å². The quantitative estimate of drug-likeness (QED) is 0.534. The van der Waals surface area contributed by atoms with Crippen LogP contribution in [0, 0.1) is 11.9 Å². The van der Waals surface area contributed by atoms with Crippen LogP contribution in [0.4, 0.5) is 4.39 Å². The molecule has 2 rings (SSSR count). The molecule has 0 amide bonds. The summed E-state index contributed by atoms with van der Waals surface area (Å²) in [6.07, 6.45) is 0. The van der Waals surface area contributed by atoms with E-state index >= 15 is 0 Å². The molecule has 0 fully saturated rings. The molecule has 0 unspecified atom stereocenters. The Morgan fingerprint density at radius 2 is 2.09 bits per heavy atom. The van der Waals surface area contributed by atoms with Crippen molar-refractivity contribution in [3.63, 3.8) is 0 Å². The molecule has 0 aliphatic rings. The molecule has 1 radical (unpaired) electrons. The Kier molecular flexibility index (Phi) is 1.35. The number of hydrogen-bond acceptors (Lipinski definition) is 0. The second kappa shape index (κ2) is 2.35. The fraction of sp³-hybridized carbons (Fsp3) is 0. The molecule has 0 saturated carbocycles. The van der Waals surface area contributed by atoms with Gasteiger partial charge < -0.3 is 0 Å². The molecule has 11 heavy (non-hydrogen) atoms. The van der Waals surface area contributed by atoms with Crippen LogP contribution in [-0.4, -0.2) is 0 Å². The van der Waals surface area contributed by atoms with E-state index in [-0.39, 0.29) is 5.82 Å². The van der Waals surface area contributed by atoms with Gasteiger partial charge in [0.2, 0.25) is 0 Å². The van der Waals surface area contributed by atoms with E-state index in [0.717, 1.165) is 10.8 Å². The van der Waals surface area contributed by atoms with Gasteiger partial charge in [0.05, 0.1) is 0 Å². The van der Waals surface area contributed by atoms with E-state index in [4.69, 9.17) is 0 Å². The first kappa shape index (κ1) is 6.35. The van der Waals surface area contributed by atoms with E-state index in [2.05, 4.69) is 6.07 Å². The van der Waals surface area contributed by atoms with E-state index in [0.29, 0.717) is 0 Å². The van der Waals surface area contributed by atoms with Crippen molar-refractivity contribution in [2.45, 2.75) is 0 Å². The lowest BCUT2D eigenvalue weighted by molar-refractivity contribution is 0.630. The second-order valence-corrected chi connectivity index (χ2v) is 2.40. The highest BCUT2D eigenvalue weighted by molar-refractivity contribution is 5.81. The maximum Gasteiger partial charge on any atom is 0.123 e. The Morgan fingerprint density at radius 3 is 3.00 bits per heavy atom. The molecule has 0 N–H and O–H groups in total. The summed E-state index contributed by atoms with van der Waals surface area (Å²) in [5, 5.41) is 1.85. The van der Waals surface area contributed by atoms with Crippen LogP contribution >= 0.6 is 0 Å². The van der Waals surface area contributed by atoms with Gasteiger partial charge in [-0.25, -0.2) is 4.39 Å². The SMILES string of the molecule is Fc1ccc2[c]cccc2c1. The topological polar surface area (TPSA) is 0 Å². The van der Waals surface area contributed by atoms with Crippen LogP contribution in [0.15, 0.2) is 36.4 Å². The third-order valence-electron chi connectivity index (χ3n) is 1.62. The monoisotopic (exact) mass is 145 g/mol. The fourth-order valence-electron chi connectivity index (χ4n) is 1.09. The average molecular weight is 145 g/mol. The van der Waals surface area contributed by atoms with Gasteiger partial charge in [-0.3, -0.25) is 0 Å². The fourth-order valence-corrected chi connectivity index (χ4v) is 1.09. The van der Waals surface area contributed by atoms with Crippen LogP contribution in [0.1, 0.15) is 0 Å². The lowest BCUT2D eigenvalue weighted by Gasteiger charge is -1.94. The standard InChI is InChI=1S/C10H6F/c11-10-6-5-8-3-1-2-4-9(8)7-10/h1-2,4-7H. The lowest BCUT2D eigenvalue weighted by Crippen LogP contribution is -1.74. The molecule has 0 bridgehead atoms. The van der Waals surface area contributed by atoms with Crippen LogP contribution in [0.25, 0.3) is 10.8 Å². The molecule has 0 spiro atoms. The van der Waals surface area contributed by atoms with Gasteiger partial charge in [-0.1, -0.05) is 24.3 Å². The lowest BCUT2D eigenvalue weighted by atomic mass is 10.1. The Morgan fingerprint density at radius 1 is 1.18 bits per heavy atom. The number of rotatable bonds is 0. The number of fused-ring (bicyclic) bond motifs is 1. The van der Waals surface area contributed by atoms with Crippen LogP contribution < -0.4 is 0 Å². The normalized spacial score (nSPS) is 10.3. The van der Waals surface area contributed by atoms with Gasteiger partial charge in [-0.15, -0.1) is 0 Å². The first-order chi connectivity index (χ1) is 5.36. The maximum atomic E-state index is 12.6. The summed E-state index contributed by atoms with van der Waals surface area (Å²) in [6, 6.07) is 13.2. The van der Waals surface area contributed by atoms with Crippen molar-refractivity contribution < 1.29 is 4.39 Å². The predicted octanol–water partition coefficient (Wildman–Crippen LogP) is 2.78. The molecule has 2 aromatic carbocycles. The van der Waals surface area contributed by atoms with Crippen molar-refractivity contribution in [2.75, 3.05) is 0 Å². The molecular formula is C10H6F. The number of hydrogen-bond donors (Lipinski definition) is 0. The highest BCUT2D eigenvalue weighted by atomic mass is 19.1. The summed E-state index contributed by atoms with van der Waals surface area (Å²) in [5.41, 5.74) is 0. The Bertz CT molecular complexity index is 379. The van der Waals surface area contributed by atoms with Gasteiger partial charge in [0.1, 0.15) is 5.82 Å². The molecule has 0 heterocycles. The molecule has 53 valence electrons. The summed E-state index contributed by atoms with van der Waals surface area (Å²) < 4.78 is 12.6. The third kappa shape index (κ3) is 1.09. The Hall–Kier alpha value is -1.37. The van der Waals surface area contributed by atoms with Gasteiger partial charge in [-0.2, -0.15) is 0 Å². The van der Waals surface area contributed by atoms with E-state index < -0.39 is 0 Å². The van der Waals surface area contributed by atoms with Crippen LogP contribution in [0.2, 0.25) is 0 Å². The van der Waals surface area contributed by atoms with Crippen molar-refractivity contribution >= 4 is 10.8 Å². The minimum Gasteiger partial charge on any atom is -0.207 e. The van der Waals surface area contributed by atoms with Gasteiger partial charge in [0.15, 0.2) is 0 Å². The third-order valence-corrected chi connectivity index (χ3v) is 1.62. The van der Waals surface area contributed by atoms with E-state index in [1.165, 1.54) is 12.1 Å². The summed E-state index contributed by atoms with van der Waals surface area (Å²) in [6.45, 7) is 0. The Balaban J connectivity index is 2.83. The van der Waals surface area contributed by atoms with Crippen molar-refractivity contribution in [1.29, 1.82) is 0 Å². The molecule has 0 aliphatic heterocycles. The number of halogens is 1. The van der Waals surface area contributed by atoms with E-state index in [9.17, 15) is 4.39 Å². The first-order valence-corrected chi connectivity index (χ1v) is 3.42. The Labute approximate surface area is 64.3 Å². The molecule has 0 atom stereocenters.